The van der Waals surface area contributed by atoms with Crippen LogP contribution < -0.4 is 0 Å². The maximum Gasteiger partial charge on any atom is 0.257 e. The Bertz CT molecular complexity index is 765. The summed E-state index contributed by atoms with van der Waals surface area (Å²) in [6.45, 7) is 7.68. The number of carbonyl (C=O) groups excluding carboxylic acids is 2. The molecule has 138 valence electrons. The first-order valence-electron chi connectivity index (χ1n) is 8.66. The molecule has 2 aromatic rings. The molecule has 0 bridgehead atoms. The minimum Gasteiger partial charge on any atom is -0.418 e. The summed E-state index contributed by atoms with van der Waals surface area (Å²) in [6, 6.07) is 3.85. The van der Waals surface area contributed by atoms with Crippen molar-refractivity contribution in [2.45, 2.75) is 26.3 Å². The first-order chi connectivity index (χ1) is 12.6. The Morgan fingerprint density at radius 3 is 2.92 bits per heavy atom. The Morgan fingerprint density at radius 2 is 2.27 bits per heavy atom. The Labute approximate surface area is 156 Å². The molecule has 0 aromatic carbocycles. The van der Waals surface area contributed by atoms with Crippen molar-refractivity contribution in [1.82, 2.24) is 20.0 Å². The highest BCUT2D eigenvalue weighted by atomic mass is 32.1. The van der Waals surface area contributed by atoms with E-state index in [1.54, 1.807) is 9.80 Å². The van der Waals surface area contributed by atoms with Gasteiger partial charge in [-0.1, -0.05) is 19.6 Å². The van der Waals surface area contributed by atoms with Crippen molar-refractivity contribution in [3.05, 3.63) is 36.1 Å². The Balaban J connectivity index is 1.56. The molecule has 0 radical (unpaired) electrons. The molecule has 0 unspecified atom stereocenters. The van der Waals surface area contributed by atoms with E-state index in [-0.39, 0.29) is 17.7 Å². The summed E-state index contributed by atoms with van der Waals surface area (Å²) in [5.74, 6) is 1.10. The highest BCUT2D eigenvalue weighted by Gasteiger charge is 2.32. The van der Waals surface area contributed by atoms with Crippen molar-refractivity contribution in [2.24, 2.45) is 5.92 Å². The van der Waals surface area contributed by atoms with Crippen molar-refractivity contribution < 1.29 is 14.0 Å². The number of carbonyl (C=O) groups is 2. The second kappa shape index (κ2) is 8.27. The molecule has 1 saturated heterocycles. The molecule has 0 saturated carbocycles. The van der Waals surface area contributed by atoms with Crippen LogP contribution in [0.25, 0.3) is 10.8 Å². The second-order valence-electron chi connectivity index (χ2n) is 6.31. The smallest absolute Gasteiger partial charge is 0.257 e. The van der Waals surface area contributed by atoms with Gasteiger partial charge in [-0.2, -0.15) is 0 Å². The van der Waals surface area contributed by atoms with E-state index in [1.807, 2.05) is 24.4 Å². The maximum absolute atomic E-state index is 12.6. The molecule has 7 nitrogen and oxygen atoms in total. The topological polar surface area (TPSA) is 79.5 Å². The van der Waals surface area contributed by atoms with Crippen molar-refractivity contribution in [3.63, 3.8) is 0 Å². The van der Waals surface area contributed by atoms with Gasteiger partial charge in [-0.3, -0.25) is 9.59 Å². The number of aromatic nitrogens is 2. The lowest BCUT2D eigenvalue weighted by atomic mass is 9.95. The van der Waals surface area contributed by atoms with E-state index in [0.717, 1.165) is 11.3 Å². The van der Waals surface area contributed by atoms with E-state index in [1.165, 1.54) is 17.4 Å². The van der Waals surface area contributed by atoms with Crippen LogP contribution in [0.2, 0.25) is 0 Å². The highest BCUT2D eigenvalue weighted by molar-refractivity contribution is 7.13. The number of amides is 2. The average molecular weight is 374 g/mol. The molecule has 0 spiro atoms. The van der Waals surface area contributed by atoms with E-state index >= 15 is 0 Å². The zero-order valence-electron chi connectivity index (χ0n) is 14.8. The molecule has 1 aliphatic rings. The largest absolute Gasteiger partial charge is 0.418 e. The normalized spacial score (nSPS) is 14.1. The van der Waals surface area contributed by atoms with Gasteiger partial charge in [0, 0.05) is 32.0 Å². The van der Waals surface area contributed by atoms with E-state index in [2.05, 4.69) is 16.8 Å². The fourth-order valence-corrected chi connectivity index (χ4v) is 3.57. The molecule has 0 N–H and O–H groups in total. The number of thiophene rings is 1. The lowest BCUT2D eigenvalue weighted by Crippen LogP contribution is -2.51. The predicted octanol–water partition coefficient (Wildman–Crippen LogP) is 2.57. The van der Waals surface area contributed by atoms with Gasteiger partial charge in [0.25, 0.3) is 5.89 Å². The molecule has 0 atom stereocenters. The lowest BCUT2D eigenvalue weighted by Gasteiger charge is -2.39. The average Bonchev–Trinajstić information content (AvgIpc) is 3.27. The number of likely N-dealkylation sites (tertiary alicyclic amines) is 1. The monoisotopic (exact) mass is 374 g/mol. The summed E-state index contributed by atoms with van der Waals surface area (Å²) >= 11 is 1.53. The third-order valence-electron chi connectivity index (χ3n) is 4.28. The summed E-state index contributed by atoms with van der Waals surface area (Å²) < 4.78 is 5.69. The van der Waals surface area contributed by atoms with Crippen LogP contribution in [0.3, 0.4) is 0 Å². The molecule has 0 aliphatic carbocycles. The molecule has 2 aromatic heterocycles. The zero-order chi connectivity index (χ0) is 18.5. The van der Waals surface area contributed by atoms with E-state index in [4.69, 9.17) is 4.42 Å². The van der Waals surface area contributed by atoms with Crippen LogP contribution in [0, 0.1) is 5.92 Å². The van der Waals surface area contributed by atoms with Gasteiger partial charge in [-0.15, -0.1) is 21.5 Å². The minimum atomic E-state index is -0.0777. The van der Waals surface area contributed by atoms with Gasteiger partial charge in [0.05, 0.1) is 11.4 Å². The third kappa shape index (κ3) is 4.19. The molecule has 1 fully saturated rings. The van der Waals surface area contributed by atoms with Crippen LogP contribution in [0.1, 0.15) is 25.7 Å². The molecule has 3 heterocycles. The number of hydrogen-bond donors (Lipinski definition) is 0. The summed E-state index contributed by atoms with van der Waals surface area (Å²) in [4.78, 5) is 28.5. The van der Waals surface area contributed by atoms with Crippen LogP contribution in [-0.2, 0) is 16.1 Å². The number of nitrogens with zero attached hydrogens (tertiary/aromatic N) is 4. The molecule has 26 heavy (non-hydrogen) atoms. The first kappa shape index (κ1) is 18.3. The summed E-state index contributed by atoms with van der Waals surface area (Å²) in [7, 11) is 0. The van der Waals surface area contributed by atoms with Gasteiger partial charge in [0.2, 0.25) is 17.7 Å². The van der Waals surface area contributed by atoms with E-state index in [9.17, 15) is 9.59 Å². The van der Waals surface area contributed by atoms with Crippen LogP contribution >= 0.6 is 11.3 Å². The molecular formula is C18H22N4O3S. The Morgan fingerprint density at radius 1 is 1.46 bits per heavy atom. The van der Waals surface area contributed by atoms with Gasteiger partial charge in [-0.25, -0.2) is 0 Å². The van der Waals surface area contributed by atoms with Crippen LogP contribution in [0.4, 0.5) is 0 Å². The van der Waals surface area contributed by atoms with Crippen LogP contribution in [0.5, 0.6) is 0 Å². The molecule has 2 amide bonds. The quantitative estimate of drug-likeness (QED) is 0.664. The lowest BCUT2D eigenvalue weighted by molar-refractivity contribution is -0.139. The number of rotatable bonds is 8. The summed E-state index contributed by atoms with van der Waals surface area (Å²) in [5, 5.41) is 10.1. The van der Waals surface area contributed by atoms with Gasteiger partial charge in [0.15, 0.2) is 0 Å². The van der Waals surface area contributed by atoms with Crippen LogP contribution in [-0.4, -0.2) is 51.4 Å². The molecule has 8 heteroatoms. The Kier molecular flexibility index (Phi) is 5.82. The summed E-state index contributed by atoms with van der Waals surface area (Å²) in [5.41, 5.74) is 0. The van der Waals surface area contributed by atoms with Crippen molar-refractivity contribution in [2.75, 3.05) is 19.6 Å². The van der Waals surface area contributed by atoms with Crippen LogP contribution in [0.15, 0.2) is 34.6 Å². The fourth-order valence-electron chi connectivity index (χ4n) is 2.93. The minimum absolute atomic E-state index is 0.0541. The van der Waals surface area contributed by atoms with Gasteiger partial charge < -0.3 is 14.2 Å². The van der Waals surface area contributed by atoms with Crippen molar-refractivity contribution >= 4 is 23.2 Å². The SMILES string of the molecule is C=CC(=O)N1CC(CC(=O)N(CCC)Cc2nnc(-c3cccs3)o2)C1. The fraction of sp³-hybridized carbons (Fsp3) is 0.444. The van der Waals surface area contributed by atoms with Crippen molar-refractivity contribution in [1.29, 1.82) is 0 Å². The van der Waals surface area contributed by atoms with Crippen molar-refractivity contribution in [3.8, 4) is 10.8 Å². The van der Waals surface area contributed by atoms with Gasteiger partial charge in [0.1, 0.15) is 0 Å². The third-order valence-corrected chi connectivity index (χ3v) is 5.14. The maximum atomic E-state index is 12.6. The Hall–Kier alpha value is -2.48. The molecule has 3 rings (SSSR count). The highest BCUT2D eigenvalue weighted by Crippen LogP contribution is 2.24. The molecule has 1 aliphatic heterocycles. The second-order valence-corrected chi connectivity index (χ2v) is 7.26. The standard InChI is InChI=1S/C18H22N4O3S/c1-3-7-21(17(24)9-13-10-22(11-13)16(23)4-2)12-15-19-20-18(25-15)14-6-5-8-26-14/h4-6,8,13H,2-3,7,9-12H2,1H3. The number of hydrogen-bond acceptors (Lipinski definition) is 6. The van der Waals surface area contributed by atoms with Gasteiger partial charge >= 0.3 is 0 Å². The first-order valence-corrected chi connectivity index (χ1v) is 9.54. The van der Waals surface area contributed by atoms with Gasteiger partial charge in [-0.05, 0) is 23.9 Å². The molecular weight excluding hydrogens is 352 g/mol. The van der Waals surface area contributed by atoms with E-state index in [0.29, 0.717) is 44.4 Å². The van der Waals surface area contributed by atoms with E-state index < -0.39 is 0 Å². The predicted molar refractivity (Wildman–Crippen MR) is 98.2 cm³/mol. The zero-order valence-corrected chi connectivity index (χ0v) is 15.6. The summed E-state index contributed by atoms with van der Waals surface area (Å²) in [6.07, 6.45) is 2.58.